The van der Waals surface area contributed by atoms with E-state index in [2.05, 4.69) is 20.9 Å². The van der Waals surface area contributed by atoms with Crippen molar-refractivity contribution >= 4 is 23.3 Å². The van der Waals surface area contributed by atoms with Crippen LogP contribution < -0.4 is 16.0 Å². The molecule has 1 aliphatic heterocycles. The summed E-state index contributed by atoms with van der Waals surface area (Å²) in [4.78, 5) is 25.6. The SMILES string of the molecule is CCC(=O)Nc1ccc(F)c(NC(=O)NCCN2CCCC(CO)C2)c1. The van der Waals surface area contributed by atoms with Crippen molar-refractivity contribution in [2.45, 2.75) is 26.2 Å². The maximum atomic E-state index is 13.9. The first-order valence-electron chi connectivity index (χ1n) is 8.99. The summed E-state index contributed by atoms with van der Waals surface area (Å²) in [6.07, 6.45) is 2.39. The first kappa shape index (κ1) is 20.1. The number of rotatable bonds is 7. The number of carbonyl (C=O) groups is 2. The number of nitrogens with one attached hydrogen (secondary N) is 3. The largest absolute Gasteiger partial charge is 0.396 e. The van der Waals surface area contributed by atoms with Gasteiger partial charge in [-0.25, -0.2) is 9.18 Å². The number of aliphatic hydroxyl groups is 1. The molecule has 7 nitrogen and oxygen atoms in total. The van der Waals surface area contributed by atoms with Gasteiger partial charge in [-0.05, 0) is 43.5 Å². The average molecular weight is 366 g/mol. The molecule has 0 bridgehead atoms. The molecule has 1 fully saturated rings. The van der Waals surface area contributed by atoms with Crippen LogP contribution in [0.2, 0.25) is 0 Å². The number of anilines is 2. The van der Waals surface area contributed by atoms with Crippen LogP contribution in [0.1, 0.15) is 26.2 Å². The summed E-state index contributed by atoms with van der Waals surface area (Å²) in [6, 6.07) is 3.53. The van der Waals surface area contributed by atoms with Crippen LogP contribution in [0.25, 0.3) is 0 Å². The molecular weight excluding hydrogens is 339 g/mol. The first-order valence-corrected chi connectivity index (χ1v) is 8.99. The molecule has 1 heterocycles. The highest BCUT2D eigenvalue weighted by Gasteiger charge is 2.18. The van der Waals surface area contributed by atoms with E-state index in [9.17, 15) is 19.1 Å². The van der Waals surface area contributed by atoms with Crippen molar-refractivity contribution in [3.63, 3.8) is 0 Å². The van der Waals surface area contributed by atoms with Gasteiger partial charge in [0.15, 0.2) is 0 Å². The molecule has 1 aromatic carbocycles. The Morgan fingerprint density at radius 2 is 2.15 bits per heavy atom. The van der Waals surface area contributed by atoms with Gasteiger partial charge in [0, 0.05) is 38.3 Å². The lowest BCUT2D eigenvalue weighted by Gasteiger charge is -2.31. The Morgan fingerprint density at radius 1 is 1.35 bits per heavy atom. The van der Waals surface area contributed by atoms with Gasteiger partial charge in [0.25, 0.3) is 0 Å². The molecule has 26 heavy (non-hydrogen) atoms. The van der Waals surface area contributed by atoms with Crippen LogP contribution in [0.4, 0.5) is 20.6 Å². The Kier molecular flexibility index (Phi) is 7.80. The van der Waals surface area contributed by atoms with E-state index in [-0.39, 0.29) is 18.2 Å². The summed E-state index contributed by atoms with van der Waals surface area (Å²) in [5.41, 5.74) is 0.437. The number of hydrogen-bond acceptors (Lipinski definition) is 4. The second kappa shape index (κ2) is 10.1. The second-order valence-corrected chi connectivity index (χ2v) is 6.47. The number of urea groups is 1. The zero-order valence-corrected chi connectivity index (χ0v) is 15.1. The van der Waals surface area contributed by atoms with Gasteiger partial charge >= 0.3 is 6.03 Å². The fraction of sp³-hybridized carbons (Fsp3) is 0.556. The van der Waals surface area contributed by atoms with E-state index in [1.54, 1.807) is 6.92 Å². The molecule has 3 amide bonds. The highest BCUT2D eigenvalue weighted by molar-refractivity contribution is 5.93. The van der Waals surface area contributed by atoms with E-state index >= 15 is 0 Å². The van der Waals surface area contributed by atoms with Gasteiger partial charge in [-0.1, -0.05) is 6.92 Å². The Hall–Kier alpha value is -2.19. The minimum absolute atomic E-state index is 0.00900. The Morgan fingerprint density at radius 3 is 2.88 bits per heavy atom. The van der Waals surface area contributed by atoms with Crippen molar-refractivity contribution in [1.82, 2.24) is 10.2 Å². The zero-order valence-electron chi connectivity index (χ0n) is 15.1. The van der Waals surface area contributed by atoms with Crippen LogP contribution in [-0.4, -0.2) is 54.7 Å². The van der Waals surface area contributed by atoms with Crippen molar-refractivity contribution in [3.8, 4) is 0 Å². The summed E-state index contributed by atoms with van der Waals surface area (Å²) in [5.74, 6) is -0.459. The second-order valence-electron chi connectivity index (χ2n) is 6.47. The van der Waals surface area contributed by atoms with Gasteiger partial charge in [0.2, 0.25) is 5.91 Å². The minimum Gasteiger partial charge on any atom is -0.396 e. The zero-order chi connectivity index (χ0) is 18.9. The molecule has 0 aliphatic carbocycles. The Balaban J connectivity index is 1.80. The molecular formula is C18H27FN4O3. The van der Waals surface area contributed by atoms with Crippen molar-refractivity contribution in [1.29, 1.82) is 0 Å². The van der Waals surface area contributed by atoms with Crippen molar-refractivity contribution in [2.24, 2.45) is 5.92 Å². The molecule has 0 radical (unpaired) electrons. The van der Waals surface area contributed by atoms with Crippen LogP contribution in [0.5, 0.6) is 0 Å². The quantitative estimate of drug-likeness (QED) is 0.594. The standard InChI is InChI=1S/C18H27FN4O3/c1-2-17(25)21-14-5-6-15(19)16(10-14)22-18(26)20-7-9-23-8-3-4-13(11-23)12-24/h5-6,10,13,24H,2-4,7-9,11-12H2,1H3,(H,21,25)(H2,20,22,26). The van der Waals surface area contributed by atoms with Crippen LogP contribution in [-0.2, 0) is 4.79 Å². The monoisotopic (exact) mass is 366 g/mol. The number of likely N-dealkylation sites (tertiary alicyclic amines) is 1. The van der Waals surface area contributed by atoms with Crippen LogP contribution in [0.3, 0.4) is 0 Å². The fourth-order valence-corrected chi connectivity index (χ4v) is 2.95. The predicted molar refractivity (Wildman–Crippen MR) is 98.6 cm³/mol. The third kappa shape index (κ3) is 6.27. The van der Waals surface area contributed by atoms with Crippen molar-refractivity contribution in [2.75, 3.05) is 43.4 Å². The molecule has 1 unspecified atom stereocenters. The van der Waals surface area contributed by atoms with Crippen LogP contribution in [0, 0.1) is 11.7 Å². The molecule has 144 valence electrons. The molecule has 1 aliphatic rings. The number of hydrogen-bond donors (Lipinski definition) is 4. The number of aliphatic hydroxyl groups excluding tert-OH is 1. The molecule has 1 atom stereocenters. The lowest BCUT2D eigenvalue weighted by Crippen LogP contribution is -2.42. The van der Waals surface area contributed by atoms with Gasteiger partial charge in [-0.2, -0.15) is 0 Å². The molecule has 0 aromatic heterocycles. The number of halogens is 1. The van der Waals surface area contributed by atoms with Crippen molar-refractivity contribution < 1.29 is 19.1 Å². The minimum atomic E-state index is -0.573. The smallest absolute Gasteiger partial charge is 0.319 e. The topological polar surface area (TPSA) is 93.7 Å². The third-order valence-electron chi connectivity index (χ3n) is 4.39. The van der Waals surface area contributed by atoms with E-state index in [0.29, 0.717) is 31.1 Å². The predicted octanol–water partition coefficient (Wildman–Crippen LogP) is 2.00. The molecule has 0 spiro atoms. The highest BCUT2D eigenvalue weighted by atomic mass is 19.1. The molecule has 1 saturated heterocycles. The molecule has 8 heteroatoms. The summed E-state index contributed by atoms with van der Waals surface area (Å²) >= 11 is 0. The number of benzene rings is 1. The van der Waals surface area contributed by atoms with Gasteiger partial charge in [0.1, 0.15) is 5.82 Å². The summed E-state index contributed by atoms with van der Waals surface area (Å²) < 4.78 is 13.9. The summed E-state index contributed by atoms with van der Waals surface area (Å²) in [7, 11) is 0. The van der Waals surface area contributed by atoms with E-state index in [4.69, 9.17) is 0 Å². The maximum Gasteiger partial charge on any atom is 0.319 e. The maximum absolute atomic E-state index is 13.9. The lowest BCUT2D eigenvalue weighted by molar-refractivity contribution is -0.115. The molecule has 1 aromatic rings. The van der Waals surface area contributed by atoms with Gasteiger partial charge < -0.3 is 26.0 Å². The normalized spacial score (nSPS) is 17.6. The van der Waals surface area contributed by atoms with Crippen LogP contribution in [0.15, 0.2) is 18.2 Å². The lowest BCUT2D eigenvalue weighted by atomic mass is 9.99. The first-order chi connectivity index (χ1) is 12.5. The van der Waals surface area contributed by atoms with E-state index < -0.39 is 11.8 Å². The van der Waals surface area contributed by atoms with Gasteiger partial charge in [0.05, 0.1) is 5.69 Å². The average Bonchev–Trinajstić information content (AvgIpc) is 2.64. The summed E-state index contributed by atoms with van der Waals surface area (Å²) in [6.45, 7) is 4.79. The molecule has 2 rings (SSSR count). The van der Waals surface area contributed by atoms with E-state index in [0.717, 1.165) is 25.9 Å². The Labute approximate surface area is 152 Å². The van der Waals surface area contributed by atoms with E-state index in [1.165, 1.54) is 18.2 Å². The summed E-state index contributed by atoms with van der Waals surface area (Å²) in [5, 5.41) is 17.0. The van der Waals surface area contributed by atoms with Crippen molar-refractivity contribution in [3.05, 3.63) is 24.0 Å². The van der Waals surface area contributed by atoms with Gasteiger partial charge in [-0.15, -0.1) is 0 Å². The van der Waals surface area contributed by atoms with E-state index in [1.807, 2.05) is 0 Å². The third-order valence-corrected chi connectivity index (χ3v) is 4.39. The number of carbonyl (C=O) groups excluding carboxylic acids is 2. The van der Waals surface area contributed by atoms with Crippen LogP contribution >= 0.6 is 0 Å². The Bertz CT molecular complexity index is 626. The number of amides is 3. The number of piperidine rings is 1. The molecule has 4 N–H and O–H groups in total. The van der Waals surface area contributed by atoms with Gasteiger partial charge in [-0.3, -0.25) is 4.79 Å². The number of nitrogens with zero attached hydrogens (tertiary/aromatic N) is 1. The highest BCUT2D eigenvalue weighted by Crippen LogP contribution is 2.20. The molecule has 0 saturated carbocycles. The fourth-order valence-electron chi connectivity index (χ4n) is 2.95.